The molecular formula is C10H5Cl2N5. The van der Waals surface area contributed by atoms with Crippen molar-refractivity contribution in [2.24, 2.45) is 0 Å². The number of halogens is 2. The summed E-state index contributed by atoms with van der Waals surface area (Å²) in [6.45, 7) is 0. The van der Waals surface area contributed by atoms with Crippen molar-refractivity contribution in [2.45, 2.75) is 0 Å². The maximum Gasteiger partial charge on any atom is 0.171 e. The second-order valence-electron chi connectivity index (χ2n) is 3.32. The van der Waals surface area contributed by atoms with E-state index in [9.17, 15) is 0 Å². The van der Waals surface area contributed by atoms with Crippen LogP contribution in [0.15, 0.2) is 30.9 Å². The second-order valence-corrected chi connectivity index (χ2v) is 4.11. The molecule has 3 aromatic heterocycles. The standard InChI is InChI=1S/C10H5Cl2N5/c11-7-4-13-2-1-6(7)10-16-15-9-3-8(12)14-5-17(9)10/h1-5H. The summed E-state index contributed by atoms with van der Waals surface area (Å²) in [4.78, 5) is 7.91. The molecule has 3 aromatic rings. The van der Waals surface area contributed by atoms with Crippen LogP contribution in [0.5, 0.6) is 0 Å². The van der Waals surface area contributed by atoms with Gasteiger partial charge in [-0.25, -0.2) is 4.98 Å². The van der Waals surface area contributed by atoms with Gasteiger partial charge in [0.05, 0.1) is 5.02 Å². The summed E-state index contributed by atoms with van der Waals surface area (Å²) in [7, 11) is 0. The quantitative estimate of drug-likeness (QED) is 0.635. The van der Waals surface area contributed by atoms with Crippen molar-refractivity contribution in [1.29, 1.82) is 0 Å². The Hall–Kier alpha value is -1.72. The third kappa shape index (κ3) is 1.73. The van der Waals surface area contributed by atoms with Gasteiger partial charge in [0.2, 0.25) is 0 Å². The molecule has 3 rings (SSSR count). The second kappa shape index (κ2) is 3.94. The molecule has 7 heteroatoms. The van der Waals surface area contributed by atoms with Crippen LogP contribution in [0.25, 0.3) is 17.0 Å². The van der Waals surface area contributed by atoms with E-state index in [1.807, 2.05) is 0 Å². The number of rotatable bonds is 1. The predicted octanol–water partition coefficient (Wildman–Crippen LogP) is 2.49. The van der Waals surface area contributed by atoms with Gasteiger partial charge in [-0.15, -0.1) is 10.2 Å². The van der Waals surface area contributed by atoms with Gasteiger partial charge in [0.25, 0.3) is 0 Å². The van der Waals surface area contributed by atoms with Crippen LogP contribution in [-0.4, -0.2) is 24.6 Å². The zero-order chi connectivity index (χ0) is 11.8. The minimum absolute atomic E-state index is 0.372. The Balaban J connectivity index is 2.29. The first kappa shape index (κ1) is 10.4. The molecule has 0 atom stereocenters. The van der Waals surface area contributed by atoms with Crippen molar-refractivity contribution in [3.05, 3.63) is 41.0 Å². The lowest BCUT2D eigenvalue weighted by Crippen LogP contribution is -1.92. The van der Waals surface area contributed by atoms with Crippen LogP contribution in [0.4, 0.5) is 0 Å². The fraction of sp³-hybridized carbons (Fsp3) is 0. The molecule has 5 nitrogen and oxygen atoms in total. The zero-order valence-electron chi connectivity index (χ0n) is 8.38. The lowest BCUT2D eigenvalue weighted by atomic mass is 10.2. The fourth-order valence-corrected chi connectivity index (χ4v) is 1.86. The van der Waals surface area contributed by atoms with Crippen molar-refractivity contribution >= 4 is 28.8 Å². The van der Waals surface area contributed by atoms with Gasteiger partial charge in [0.15, 0.2) is 11.5 Å². The van der Waals surface area contributed by atoms with Crippen LogP contribution in [0, 0.1) is 0 Å². The van der Waals surface area contributed by atoms with Crippen LogP contribution < -0.4 is 0 Å². The maximum atomic E-state index is 6.06. The highest BCUT2D eigenvalue weighted by Gasteiger charge is 2.11. The maximum absolute atomic E-state index is 6.06. The molecule has 84 valence electrons. The third-order valence-electron chi connectivity index (χ3n) is 2.28. The van der Waals surface area contributed by atoms with Crippen molar-refractivity contribution in [3.8, 4) is 11.4 Å². The molecule has 0 amide bonds. The molecule has 17 heavy (non-hydrogen) atoms. The Morgan fingerprint density at radius 3 is 2.88 bits per heavy atom. The normalized spacial score (nSPS) is 10.9. The topological polar surface area (TPSA) is 56.0 Å². The predicted molar refractivity (Wildman–Crippen MR) is 64.0 cm³/mol. The zero-order valence-corrected chi connectivity index (χ0v) is 9.89. The lowest BCUT2D eigenvalue weighted by molar-refractivity contribution is 1.08. The molecular weight excluding hydrogens is 261 g/mol. The molecule has 3 heterocycles. The minimum atomic E-state index is 0.372. The van der Waals surface area contributed by atoms with E-state index >= 15 is 0 Å². The van der Waals surface area contributed by atoms with E-state index in [1.165, 1.54) is 0 Å². The number of aromatic nitrogens is 5. The first-order valence-electron chi connectivity index (χ1n) is 4.72. The van der Waals surface area contributed by atoms with Gasteiger partial charge in [-0.1, -0.05) is 23.2 Å². The fourth-order valence-electron chi connectivity index (χ4n) is 1.51. The third-order valence-corrected chi connectivity index (χ3v) is 2.79. The van der Waals surface area contributed by atoms with Crippen LogP contribution in [-0.2, 0) is 0 Å². The Bertz CT molecular complexity index is 694. The Morgan fingerprint density at radius 2 is 2.06 bits per heavy atom. The average Bonchev–Trinajstić information content (AvgIpc) is 2.72. The van der Waals surface area contributed by atoms with Gasteiger partial charge in [-0.3, -0.25) is 9.38 Å². The van der Waals surface area contributed by atoms with E-state index in [4.69, 9.17) is 23.2 Å². The molecule has 0 aliphatic rings. The van der Waals surface area contributed by atoms with E-state index in [1.54, 1.807) is 35.3 Å². The number of pyridine rings is 1. The lowest BCUT2D eigenvalue weighted by Gasteiger charge is -2.01. The summed E-state index contributed by atoms with van der Waals surface area (Å²) in [5.74, 6) is 0.608. The summed E-state index contributed by atoms with van der Waals surface area (Å²) in [6, 6.07) is 3.40. The molecule has 0 saturated carbocycles. The summed E-state index contributed by atoms with van der Waals surface area (Å²) in [5, 5.41) is 8.96. The van der Waals surface area contributed by atoms with E-state index in [-0.39, 0.29) is 0 Å². The molecule has 0 aliphatic carbocycles. The highest BCUT2D eigenvalue weighted by molar-refractivity contribution is 6.33. The summed E-state index contributed by atoms with van der Waals surface area (Å²) in [6.07, 6.45) is 4.76. The molecule has 0 aliphatic heterocycles. The Kier molecular flexibility index (Phi) is 2.42. The smallest absolute Gasteiger partial charge is 0.171 e. The number of nitrogens with zero attached hydrogens (tertiary/aromatic N) is 5. The monoisotopic (exact) mass is 265 g/mol. The van der Waals surface area contributed by atoms with Crippen molar-refractivity contribution in [2.75, 3.05) is 0 Å². The van der Waals surface area contributed by atoms with E-state index in [0.29, 0.717) is 21.6 Å². The van der Waals surface area contributed by atoms with Crippen molar-refractivity contribution < 1.29 is 0 Å². The van der Waals surface area contributed by atoms with Gasteiger partial charge in [-0.2, -0.15) is 0 Å². The van der Waals surface area contributed by atoms with Crippen LogP contribution in [0.2, 0.25) is 10.2 Å². The molecule has 0 radical (unpaired) electrons. The van der Waals surface area contributed by atoms with E-state index in [0.717, 1.165) is 5.56 Å². The van der Waals surface area contributed by atoms with Gasteiger partial charge in [-0.05, 0) is 6.07 Å². The highest BCUT2D eigenvalue weighted by Crippen LogP contribution is 2.25. The molecule has 0 spiro atoms. The molecule has 0 unspecified atom stereocenters. The Labute approximate surface area is 106 Å². The average molecular weight is 266 g/mol. The Morgan fingerprint density at radius 1 is 1.18 bits per heavy atom. The molecule has 0 N–H and O–H groups in total. The van der Waals surface area contributed by atoms with Gasteiger partial charge >= 0.3 is 0 Å². The van der Waals surface area contributed by atoms with E-state index < -0.39 is 0 Å². The molecule has 0 fully saturated rings. The van der Waals surface area contributed by atoms with Crippen molar-refractivity contribution in [3.63, 3.8) is 0 Å². The van der Waals surface area contributed by atoms with Gasteiger partial charge < -0.3 is 0 Å². The largest absolute Gasteiger partial charge is 0.265 e. The van der Waals surface area contributed by atoms with Crippen LogP contribution in [0.1, 0.15) is 0 Å². The minimum Gasteiger partial charge on any atom is -0.265 e. The molecule has 0 saturated heterocycles. The highest BCUT2D eigenvalue weighted by atomic mass is 35.5. The van der Waals surface area contributed by atoms with Gasteiger partial charge in [0, 0.05) is 24.0 Å². The SMILES string of the molecule is Clc1cc2nnc(-c3ccncc3Cl)n2cn1. The molecule has 0 bridgehead atoms. The number of hydrogen-bond acceptors (Lipinski definition) is 4. The summed E-state index contributed by atoms with van der Waals surface area (Å²) < 4.78 is 1.72. The van der Waals surface area contributed by atoms with E-state index in [2.05, 4.69) is 20.2 Å². The van der Waals surface area contributed by atoms with Crippen LogP contribution >= 0.6 is 23.2 Å². The number of fused-ring (bicyclic) bond motifs is 1. The first-order valence-corrected chi connectivity index (χ1v) is 5.47. The molecule has 0 aromatic carbocycles. The number of hydrogen-bond donors (Lipinski definition) is 0. The first-order chi connectivity index (χ1) is 8.25. The van der Waals surface area contributed by atoms with Gasteiger partial charge in [0.1, 0.15) is 11.5 Å². The summed E-state index contributed by atoms with van der Waals surface area (Å²) >= 11 is 11.8. The van der Waals surface area contributed by atoms with Crippen molar-refractivity contribution in [1.82, 2.24) is 24.6 Å². The summed E-state index contributed by atoms with van der Waals surface area (Å²) in [5.41, 5.74) is 1.37. The van der Waals surface area contributed by atoms with Crippen LogP contribution in [0.3, 0.4) is 0 Å².